The van der Waals surface area contributed by atoms with E-state index < -0.39 is 11.5 Å². The van der Waals surface area contributed by atoms with Gasteiger partial charge in [-0.15, -0.1) is 0 Å². The molecule has 25 heavy (non-hydrogen) atoms. The number of rotatable bonds is 8. The summed E-state index contributed by atoms with van der Waals surface area (Å²) in [7, 11) is 0. The zero-order chi connectivity index (χ0) is 18.3. The molecule has 0 saturated carbocycles. The second-order valence-corrected chi connectivity index (χ2v) is 6.32. The molecule has 0 unspecified atom stereocenters. The summed E-state index contributed by atoms with van der Waals surface area (Å²) < 4.78 is 5.21. The van der Waals surface area contributed by atoms with Crippen LogP contribution in [0.4, 0.5) is 0 Å². The Hall–Kier alpha value is -2.37. The molecule has 6 heteroatoms. The number of benzene rings is 1. The van der Waals surface area contributed by atoms with Gasteiger partial charge in [0.15, 0.2) is 0 Å². The van der Waals surface area contributed by atoms with Crippen LogP contribution in [0, 0.1) is 0 Å². The Morgan fingerprint density at radius 1 is 1.04 bits per heavy atom. The van der Waals surface area contributed by atoms with E-state index in [1.165, 1.54) is 0 Å². The molecule has 0 radical (unpaired) electrons. The fourth-order valence-corrected chi connectivity index (χ4v) is 3.08. The van der Waals surface area contributed by atoms with Gasteiger partial charge in [0.2, 0.25) is 11.8 Å². The lowest BCUT2D eigenvalue weighted by Gasteiger charge is -2.28. The highest BCUT2D eigenvalue weighted by atomic mass is 16.5. The topological polar surface area (TPSA) is 84.5 Å². The molecule has 0 fully saturated rings. The highest BCUT2D eigenvalue weighted by molar-refractivity contribution is 5.91. The maximum absolute atomic E-state index is 12.5. The van der Waals surface area contributed by atoms with Gasteiger partial charge < -0.3 is 15.4 Å². The maximum atomic E-state index is 12.5. The fraction of sp³-hybridized carbons (Fsp3) is 0.526. The van der Waals surface area contributed by atoms with Crippen molar-refractivity contribution < 1.29 is 19.1 Å². The van der Waals surface area contributed by atoms with Crippen LogP contribution in [0.25, 0.3) is 0 Å². The van der Waals surface area contributed by atoms with Crippen molar-refractivity contribution in [1.82, 2.24) is 10.6 Å². The number of nitrogens with one attached hydrogen (secondary N) is 2. The van der Waals surface area contributed by atoms with E-state index in [1.54, 1.807) is 6.92 Å². The molecule has 6 nitrogen and oxygen atoms in total. The second kappa shape index (κ2) is 8.65. The summed E-state index contributed by atoms with van der Waals surface area (Å²) in [6.45, 7) is 4.57. The molecular formula is C19H26N2O4. The van der Waals surface area contributed by atoms with Crippen LogP contribution in [0.5, 0.6) is 0 Å². The first-order chi connectivity index (χ1) is 12.0. The lowest BCUT2D eigenvalue weighted by molar-refractivity contribution is -0.153. The molecule has 0 aliphatic heterocycles. The molecule has 136 valence electrons. The number of ether oxygens (including phenoxy) is 1. The molecule has 0 aromatic heterocycles. The van der Waals surface area contributed by atoms with E-state index in [-0.39, 0.29) is 31.3 Å². The van der Waals surface area contributed by atoms with Gasteiger partial charge in [0.1, 0.15) is 5.54 Å². The Morgan fingerprint density at radius 2 is 1.64 bits per heavy atom. The SMILES string of the molecule is CCCNC(=O)CCC(=O)NC1(C(=O)OCC)Cc2ccccc2C1. The van der Waals surface area contributed by atoms with Gasteiger partial charge in [0.25, 0.3) is 0 Å². The summed E-state index contributed by atoms with van der Waals surface area (Å²) in [4.78, 5) is 36.5. The molecule has 1 aliphatic carbocycles. The minimum absolute atomic E-state index is 0.0487. The molecular weight excluding hydrogens is 320 g/mol. The Morgan fingerprint density at radius 3 is 2.20 bits per heavy atom. The highest BCUT2D eigenvalue weighted by Crippen LogP contribution is 2.31. The first-order valence-corrected chi connectivity index (χ1v) is 8.82. The number of hydrogen-bond acceptors (Lipinski definition) is 4. The summed E-state index contributed by atoms with van der Waals surface area (Å²) in [5, 5.41) is 5.58. The zero-order valence-electron chi connectivity index (χ0n) is 14.9. The van der Waals surface area contributed by atoms with E-state index in [9.17, 15) is 14.4 Å². The third-order valence-corrected chi connectivity index (χ3v) is 4.30. The van der Waals surface area contributed by atoms with Crippen LogP contribution >= 0.6 is 0 Å². The van der Waals surface area contributed by atoms with Crippen LogP contribution in [-0.2, 0) is 32.0 Å². The Labute approximate surface area is 148 Å². The van der Waals surface area contributed by atoms with Crippen molar-refractivity contribution >= 4 is 17.8 Å². The van der Waals surface area contributed by atoms with Crippen LogP contribution in [0.3, 0.4) is 0 Å². The van der Waals surface area contributed by atoms with E-state index in [1.807, 2.05) is 31.2 Å². The Balaban J connectivity index is 2.02. The van der Waals surface area contributed by atoms with Crippen molar-refractivity contribution in [1.29, 1.82) is 0 Å². The van der Waals surface area contributed by atoms with Crippen LogP contribution < -0.4 is 10.6 Å². The predicted molar refractivity (Wildman–Crippen MR) is 93.9 cm³/mol. The van der Waals surface area contributed by atoms with Crippen LogP contribution in [-0.4, -0.2) is 36.5 Å². The standard InChI is InChI=1S/C19H26N2O4/c1-3-11-20-16(22)9-10-17(23)21-19(18(24)25-4-2)12-14-7-5-6-8-15(14)13-19/h5-8H,3-4,9-13H2,1-2H3,(H,20,22)(H,21,23). The Kier molecular flexibility index (Phi) is 6.56. The van der Waals surface area contributed by atoms with E-state index >= 15 is 0 Å². The molecule has 2 amide bonds. The van der Waals surface area contributed by atoms with Crippen molar-refractivity contribution in [2.45, 2.75) is 51.5 Å². The summed E-state index contributed by atoms with van der Waals surface area (Å²) in [5.41, 5.74) is 1.00. The minimum Gasteiger partial charge on any atom is -0.464 e. The average molecular weight is 346 g/mol. The quantitative estimate of drug-likeness (QED) is 0.699. The number of hydrogen-bond donors (Lipinski definition) is 2. The van der Waals surface area contributed by atoms with Crippen molar-refractivity contribution in [3.63, 3.8) is 0 Å². The van der Waals surface area contributed by atoms with Gasteiger partial charge in [0.05, 0.1) is 6.61 Å². The Bertz CT molecular complexity index is 617. The molecule has 2 N–H and O–H groups in total. The first-order valence-electron chi connectivity index (χ1n) is 8.82. The molecule has 1 aliphatic rings. The largest absolute Gasteiger partial charge is 0.464 e. The molecule has 0 bridgehead atoms. The summed E-state index contributed by atoms with van der Waals surface area (Å²) in [5.74, 6) is -0.889. The fourth-order valence-electron chi connectivity index (χ4n) is 3.08. The van der Waals surface area contributed by atoms with Crippen molar-refractivity contribution in [2.24, 2.45) is 0 Å². The molecule has 0 heterocycles. The number of fused-ring (bicyclic) bond motifs is 1. The predicted octanol–water partition coefficient (Wildman–Crippen LogP) is 1.51. The molecule has 1 aromatic rings. The van der Waals surface area contributed by atoms with Crippen molar-refractivity contribution in [2.75, 3.05) is 13.2 Å². The van der Waals surface area contributed by atoms with Crippen molar-refractivity contribution in [3.8, 4) is 0 Å². The van der Waals surface area contributed by atoms with Crippen LogP contribution in [0.2, 0.25) is 0 Å². The van der Waals surface area contributed by atoms with Crippen molar-refractivity contribution in [3.05, 3.63) is 35.4 Å². The first kappa shape index (κ1) is 19.0. The number of carbonyl (C=O) groups is 3. The van der Waals surface area contributed by atoms with Gasteiger partial charge in [-0.05, 0) is 24.5 Å². The number of carbonyl (C=O) groups excluding carboxylic acids is 3. The van der Waals surface area contributed by atoms with Gasteiger partial charge in [-0.1, -0.05) is 31.2 Å². The van der Waals surface area contributed by atoms with Gasteiger partial charge in [-0.2, -0.15) is 0 Å². The molecule has 1 aromatic carbocycles. The van der Waals surface area contributed by atoms with Gasteiger partial charge in [0, 0.05) is 32.2 Å². The number of esters is 1. The van der Waals surface area contributed by atoms with E-state index in [0.717, 1.165) is 17.5 Å². The molecule has 0 spiro atoms. The third-order valence-electron chi connectivity index (χ3n) is 4.30. The number of amides is 2. The minimum atomic E-state index is -1.07. The third kappa shape index (κ3) is 4.81. The van der Waals surface area contributed by atoms with Crippen LogP contribution in [0.15, 0.2) is 24.3 Å². The summed E-state index contributed by atoms with van der Waals surface area (Å²) in [6.07, 6.45) is 1.83. The molecule has 0 saturated heterocycles. The second-order valence-electron chi connectivity index (χ2n) is 6.32. The molecule has 2 rings (SSSR count). The van der Waals surface area contributed by atoms with E-state index in [2.05, 4.69) is 10.6 Å². The van der Waals surface area contributed by atoms with E-state index in [0.29, 0.717) is 19.4 Å². The molecule has 0 atom stereocenters. The summed E-state index contributed by atoms with van der Waals surface area (Å²) >= 11 is 0. The monoisotopic (exact) mass is 346 g/mol. The normalized spacial score (nSPS) is 14.5. The van der Waals surface area contributed by atoms with Gasteiger partial charge >= 0.3 is 5.97 Å². The highest BCUT2D eigenvalue weighted by Gasteiger charge is 2.46. The lowest BCUT2D eigenvalue weighted by atomic mass is 9.95. The van der Waals surface area contributed by atoms with Crippen LogP contribution in [0.1, 0.15) is 44.2 Å². The summed E-state index contributed by atoms with van der Waals surface area (Å²) in [6, 6.07) is 7.75. The smallest absolute Gasteiger partial charge is 0.332 e. The lowest BCUT2D eigenvalue weighted by Crippen LogP contribution is -2.56. The van der Waals surface area contributed by atoms with Gasteiger partial charge in [-0.25, -0.2) is 4.79 Å². The average Bonchev–Trinajstić information content (AvgIpc) is 2.97. The van der Waals surface area contributed by atoms with E-state index in [4.69, 9.17) is 4.74 Å². The maximum Gasteiger partial charge on any atom is 0.332 e. The van der Waals surface area contributed by atoms with Gasteiger partial charge in [-0.3, -0.25) is 9.59 Å². The zero-order valence-corrected chi connectivity index (χ0v) is 14.9.